The van der Waals surface area contributed by atoms with Crippen molar-refractivity contribution in [1.82, 2.24) is 37.2 Å². The molecule has 12 unspecified atom stereocenters. The molecule has 9 amide bonds. The molecule has 4 aliphatic rings. The van der Waals surface area contributed by atoms with Gasteiger partial charge in [-0.1, -0.05) is 66.7 Å². The number of ether oxygens (including phenoxy) is 4. The van der Waals surface area contributed by atoms with Crippen LogP contribution in [0.15, 0.2) is 36.1 Å². The molecule has 104 heavy (non-hydrogen) atoms. The molecule has 36 nitrogen and oxygen atoms in total. The Kier molecular flexibility index (Phi) is 29.6. The molecule has 36 heteroatoms. The summed E-state index contributed by atoms with van der Waals surface area (Å²) in [6.45, 7) is 14.1. The van der Waals surface area contributed by atoms with Gasteiger partial charge in [0.05, 0.1) is 67.2 Å². The number of primary amides is 1. The molecule has 4 heterocycles. The van der Waals surface area contributed by atoms with Gasteiger partial charge in [-0.15, -0.1) is 0 Å². The minimum Gasteiger partial charge on any atom is -0.507 e. The molecule has 0 saturated carbocycles. The molecule has 6 rings (SSSR count). The third-order valence-electron chi connectivity index (χ3n) is 18.9. The predicted molar refractivity (Wildman–Crippen MR) is 367 cm³/mol. The van der Waals surface area contributed by atoms with Crippen molar-refractivity contribution in [2.75, 3.05) is 44.0 Å². The smallest absolute Gasteiger partial charge is 0.312 e. The fourth-order valence-corrected chi connectivity index (χ4v) is 12.0. The normalized spacial score (nSPS) is 30.4. The fraction of sp³-hybridized carbons (Fsp3) is 0.588. The van der Waals surface area contributed by atoms with Crippen LogP contribution in [0.1, 0.15) is 105 Å². The SMILES string of the molecule is CO[C@H]1/C=C/O[C@@]2(C)Oc3c(C)c(O)c4c(O)c(c(NC(C)C(C)C(=O)NCC5NC(=O)CNC(=O)C(O)CNC(=O)C(C(C)O)NC(=O)C(C(O)C(O)C(N)=O)NC(=O)C(C(C)C)CC(=O)C(CO)NC5=O)c(O)c4c3C2=O)NC(=O)/C(C)=C\C=C\[C@H](C)[C@H](O)[C@@H](C)[C@@H](O)[C@@H](C)[C@H](OC(C)=O)C1C. The number of aliphatic hydroxyl groups excluding tert-OH is 7. The third kappa shape index (κ3) is 19.8. The molecule has 0 radical (unpaired) electrons. The first-order valence-corrected chi connectivity index (χ1v) is 33.5. The summed E-state index contributed by atoms with van der Waals surface area (Å²) < 4.78 is 23.7. The molecule has 0 aliphatic carbocycles. The maximum atomic E-state index is 14.9. The van der Waals surface area contributed by atoms with E-state index in [9.17, 15) is 109 Å². The van der Waals surface area contributed by atoms with E-state index < -0.39 is 275 Å². The van der Waals surface area contributed by atoms with Gasteiger partial charge >= 0.3 is 11.8 Å². The quantitative estimate of drug-likeness (QED) is 0.0500. The number of anilines is 2. The number of amides is 9. The van der Waals surface area contributed by atoms with E-state index >= 15 is 0 Å². The number of nitrogens with one attached hydrogen (secondary N) is 9. The summed E-state index contributed by atoms with van der Waals surface area (Å²) in [5, 5.41) is 133. The van der Waals surface area contributed by atoms with E-state index in [1.54, 1.807) is 33.8 Å². The number of allylic oxidation sites excluding steroid dienone is 2. The molecule has 576 valence electrons. The molecule has 20 atom stereocenters. The van der Waals surface area contributed by atoms with Crippen molar-refractivity contribution in [3.05, 3.63) is 47.3 Å². The van der Waals surface area contributed by atoms with Gasteiger partial charge in [0.25, 0.3) is 17.6 Å². The van der Waals surface area contributed by atoms with Gasteiger partial charge in [0.15, 0.2) is 17.6 Å². The van der Waals surface area contributed by atoms with Gasteiger partial charge in [-0.05, 0) is 39.7 Å². The molecule has 21 N–H and O–H groups in total. The average molecular weight is 1470 g/mol. The van der Waals surface area contributed by atoms with Crippen LogP contribution in [0.3, 0.4) is 0 Å². The number of rotatable bonds is 14. The first-order valence-electron chi connectivity index (χ1n) is 33.5. The number of esters is 1. The molecule has 1 saturated heterocycles. The fourth-order valence-electron chi connectivity index (χ4n) is 12.0. The highest BCUT2D eigenvalue weighted by Gasteiger charge is 2.51. The molecule has 2 aromatic rings. The van der Waals surface area contributed by atoms with Crippen LogP contribution in [0.5, 0.6) is 23.0 Å². The van der Waals surface area contributed by atoms with Gasteiger partial charge in [-0.3, -0.25) is 57.5 Å². The van der Waals surface area contributed by atoms with Crippen molar-refractivity contribution in [1.29, 1.82) is 0 Å². The third-order valence-corrected chi connectivity index (χ3v) is 18.9. The zero-order chi connectivity index (χ0) is 78.6. The monoisotopic (exact) mass is 1470 g/mol. The zero-order valence-electron chi connectivity index (χ0n) is 60.1. The first kappa shape index (κ1) is 85.1. The van der Waals surface area contributed by atoms with Crippen molar-refractivity contribution in [3.63, 3.8) is 0 Å². The minimum atomic E-state index is -2.55. The number of ketones is 2. The largest absolute Gasteiger partial charge is 0.507 e. The Hall–Kier alpha value is -9.56. The molecular weight excluding hydrogens is 1370 g/mol. The average Bonchev–Trinajstić information content (AvgIpc) is 1.48. The maximum absolute atomic E-state index is 14.9. The Morgan fingerprint density at radius 2 is 1.39 bits per heavy atom. The molecule has 0 spiro atoms. The topological polar surface area (TPSA) is 578 Å². The summed E-state index contributed by atoms with van der Waals surface area (Å²) in [6.07, 6.45) is -7.66. The van der Waals surface area contributed by atoms with Crippen LogP contribution in [0.2, 0.25) is 0 Å². The van der Waals surface area contributed by atoms with E-state index in [1.807, 2.05) is 5.32 Å². The standard InChI is InChI=1S/C68H98N10O26/c1-25(2)36-20-39(82)38(24-79)75-64(97)37(74-42(84)23-72-65(98)40(83)22-71-66(99)46(34(11)80)76-67(100)49(78-63(36)96)55(90)56(91)60(69)93)21-70-62(95)28(5)33(10)73-47-48-54(89)44-43(53(47)88)45-58(32(9)52(44)87)104-68(13,59(45)92)102-19-18-41(101-14)29(6)57(103-35(12)81)31(8)51(86)30(7)50(85)26(3)16-15-17-27(4)61(94)77-48/h15-19,25-26,28-31,33-34,36-38,40-41,46,49-51,55-57,73,79-80,83,85-91H,20-24H2,1-14H3,(H2,69,93)(H,70,95)(H,71,99)(H,72,98)(H,74,84)(H,75,97)(H,76,100)(H,77,94)(H,78,96)/b16-15+,19-18+,27-17-/t26-,28?,29?,30+,31+,33?,34?,36?,37?,38?,40?,41-,46?,49?,50-,51+,55?,56?,57+,68-/m0/s1. The van der Waals surface area contributed by atoms with Crippen molar-refractivity contribution < 1.29 is 128 Å². The number of β-amino-alcohol motifs (C(OH)–C–C–N with tert-alkyl or cyclic N) is 1. The van der Waals surface area contributed by atoms with Crippen LogP contribution in [0.25, 0.3) is 10.8 Å². The second kappa shape index (κ2) is 36.2. The summed E-state index contributed by atoms with van der Waals surface area (Å²) in [5.74, 6) is -26.1. The summed E-state index contributed by atoms with van der Waals surface area (Å²) in [4.78, 5) is 164. The van der Waals surface area contributed by atoms with Crippen LogP contribution in [0.4, 0.5) is 11.4 Å². The van der Waals surface area contributed by atoms with Gasteiger partial charge in [-0.2, -0.15) is 0 Å². The lowest BCUT2D eigenvalue weighted by Gasteiger charge is -2.38. The van der Waals surface area contributed by atoms with Crippen LogP contribution >= 0.6 is 0 Å². The minimum absolute atomic E-state index is 0.0609. The molecule has 4 aliphatic heterocycles. The summed E-state index contributed by atoms with van der Waals surface area (Å²) in [5.41, 5.74) is 3.33. The Balaban J connectivity index is 1.57. The summed E-state index contributed by atoms with van der Waals surface area (Å²) in [7, 11) is 1.35. The highest BCUT2D eigenvalue weighted by Crippen LogP contribution is 2.57. The summed E-state index contributed by atoms with van der Waals surface area (Å²) >= 11 is 0. The second-order valence-corrected chi connectivity index (χ2v) is 27.0. The summed E-state index contributed by atoms with van der Waals surface area (Å²) in [6, 6.07) is -9.49. The Morgan fingerprint density at radius 1 is 0.760 bits per heavy atom. The highest BCUT2D eigenvalue weighted by atomic mass is 16.7. The van der Waals surface area contributed by atoms with Crippen LogP contribution in [0, 0.1) is 48.3 Å². The van der Waals surface area contributed by atoms with Crippen LogP contribution in [-0.2, 0) is 67.0 Å². The number of nitrogens with two attached hydrogens (primary N) is 1. The second-order valence-electron chi connectivity index (χ2n) is 27.0. The van der Waals surface area contributed by atoms with Gasteiger partial charge < -0.3 is 124 Å². The van der Waals surface area contributed by atoms with Crippen LogP contribution in [-0.4, -0.2) is 240 Å². The lowest BCUT2D eigenvalue weighted by molar-refractivity contribution is -0.160. The number of methoxy groups -OCH3 is 1. The van der Waals surface area contributed by atoms with E-state index in [1.165, 1.54) is 80.7 Å². The van der Waals surface area contributed by atoms with E-state index in [0.29, 0.717) is 0 Å². The molecule has 5 bridgehead atoms. The Labute approximate surface area is 598 Å². The van der Waals surface area contributed by atoms with Gasteiger partial charge in [0.2, 0.25) is 41.4 Å². The number of carbonyl (C=O) groups excluding carboxylic acids is 12. The molecular formula is C68H98N10O26. The van der Waals surface area contributed by atoms with E-state index in [2.05, 4.69) is 42.5 Å². The Bertz CT molecular complexity index is 3690. The van der Waals surface area contributed by atoms with E-state index in [0.717, 1.165) is 13.2 Å². The number of fused-ring (bicyclic) bond motifs is 14. The lowest BCUT2D eigenvalue weighted by Crippen LogP contribution is -2.63. The number of phenolic OH excluding ortho intramolecular Hbond substituents is 3. The van der Waals surface area contributed by atoms with Gasteiger partial charge in [0.1, 0.15) is 71.1 Å². The molecule has 1 fully saturated rings. The Morgan fingerprint density at radius 3 is 1.98 bits per heavy atom. The number of benzene rings is 2. The van der Waals surface area contributed by atoms with Gasteiger partial charge in [0, 0.05) is 86.1 Å². The predicted octanol–water partition coefficient (Wildman–Crippen LogP) is -3.34. The van der Waals surface area contributed by atoms with Crippen molar-refractivity contribution in [2.45, 2.75) is 181 Å². The maximum Gasteiger partial charge on any atom is 0.312 e. The lowest BCUT2D eigenvalue weighted by atomic mass is 9.78. The number of hydrogen-bond donors (Lipinski definition) is 20. The van der Waals surface area contributed by atoms with Crippen molar-refractivity contribution in [2.24, 2.45) is 47.2 Å². The molecule has 0 aromatic heterocycles. The number of aromatic hydroxyl groups is 3. The van der Waals surface area contributed by atoms with Crippen molar-refractivity contribution in [3.8, 4) is 23.0 Å². The first-order chi connectivity index (χ1) is 48.5. The van der Waals surface area contributed by atoms with Gasteiger partial charge in [-0.25, -0.2) is 0 Å². The number of phenols is 3. The zero-order valence-corrected chi connectivity index (χ0v) is 60.1. The number of aliphatic hydroxyl groups is 7. The number of hydrogen-bond acceptors (Lipinski definition) is 27. The number of Topliss-reactive ketones (excluding diaryl/α,β-unsaturated/α-hetero) is 2. The van der Waals surface area contributed by atoms with Crippen molar-refractivity contribution >= 4 is 92.8 Å². The highest BCUT2D eigenvalue weighted by molar-refractivity contribution is 6.24. The molecule has 2 aromatic carbocycles. The number of carbonyl (C=O) groups is 12. The van der Waals surface area contributed by atoms with Crippen LogP contribution < -0.4 is 58.3 Å². The van der Waals surface area contributed by atoms with E-state index in [4.69, 9.17) is 24.7 Å². The van der Waals surface area contributed by atoms with E-state index in [-0.39, 0.29) is 16.9 Å².